The van der Waals surface area contributed by atoms with Crippen LogP contribution in [0.5, 0.6) is 0 Å². The Morgan fingerprint density at radius 2 is 0.944 bits per heavy atom. The molecule has 0 N–H and O–H groups in total. The van der Waals surface area contributed by atoms with Gasteiger partial charge in [0, 0.05) is 11.5 Å². The molecule has 0 aromatic heterocycles. The summed E-state index contributed by atoms with van der Waals surface area (Å²) < 4.78 is 0. The summed E-state index contributed by atoms with van der Waals surface area (Å²) in [5.41, 5.74) is 0.910. The maximum Gasteiger partial charge on any atom is 0.00702 e. The summed E-state index contributed by atoms with van der Waals surface area (Å²) in [5, 5.41) is 0. The highest BCUT2D eigenvalue weighted by atomic mass is 33.1. The molecule has 0 aliphatic heterocycles. The maximum absolute atomic E-state index is 2.37. The van der Waals surface area contributed by atoms with Gasteiger partial charge in [-0.15, -0.1) is 0 Å². The average molecular weight is 291 g/mol. The van der Waals surface area contributed by atoms with Gasteiger partial charge in [0.2, 0.25) is 0 Å². The van der Waals surface area contributed by atoms with Gasteiger partial charge in [-0.3, -0.25) is 0 Å². The van der Waals surface area contributed by atoms with Crippen LogP contribution in [0.4, 0.5) is 0 Å². The standard InChI is InChI=1S/C16H34S2/c1-9-13(15(3,4)5)11-17-18-12-14(10-2)16(6,7)8/h13-14H,9-12H2,1-8H3. The Kier molecular flexibility index (Phi) is 8.41. The molecule has 0 heterocycles. The molecular formula is C16H34S2. The molecule has 110 valence electrons. The van der Waals surface area contributed by atoms with Crippen LogP contribution in [-0.4, -0.2) is 11.5 Å². The minimum atomic E-state index is 0.455. The van der Waals surface area contributed by atoms with Crippen molar-refractivity contribution < 1.29 is 0 Å². The molecule has 0 rings (SSSR count). The molecule has 0 saturated carbocycles. The summed E-state index contributed by atoms with van der Waals surface area (Å²) in [6.45, 7) is 18.9. The number of hydrogen-bond acceptors (Lipinski definition) is 2. The van der Waals surface area contributed by atoms with Gasteiger partial charge in [-0.05, 0) is 22.7 Å². The summed E-state index contributed by atoms with van der Waals surface area (Å²) in [5.74, 6) is 4.27. The van der Waals surface area contributed by atoms with Gasteiger partial charge in [0.25, 0.3) is 0 Å². The minimum absolute atomic E-state index is 0.455. The van der Waals surface area contributed by atoms with Crippen molar-refractivity contribution >= 4 is 21.6 Å². The molecule has 0 amide bonds. The molecule has 2 unspecified atom stereocenters. The fourth-order valence-electron chi connectivity index (χ4n) is 2.22. The predicted molar refractivity (Wildman–Crippen MR) is 91.4 cm³/mol. The van der Waals surface area contributed by atoms with Crippen LogP contribution < -0.4 is 0 Å². The number of rotatable bonds is 7. The van der Waals surface area contributed by atoms with E-state index >= 15 is 0 Å². The van der Waals surface area contributed by atoms with Crippen LogP contribution in [0, 0.1) is 22.7 Å². The molecule has 0 aliphatic rings. The molecule has 0 bridgehead atoms. The van der Waals surface area contributed by atoms with Crippen LogP contribution in [0.15, 0.2) is 0 Å². The molecule has 18 heavy (non-hydrogen) atoms. The molecule has 0 aromatic carbocycles. The van der Waals surface area contributed by atoms with Crippen LogP contribution in [0.1, 0.15) is 68.2 Å². The highest BCUT2D eigenvalue weighted by molar-refractivity contribution is 8.76. The molecule has 0 nitrogen and oxygen atoms in total. The van der Waals surface area contributed by atoms with E-state index in [9.17, 15) is 0 Å². The fourth-order valence-corrected chi connectivity index (χ4v) is 5.78. The second kappa shape index (κ2) is 8.09. The maximum atomic E-state index is 2.37. The minimum Gasteiger partial charge on any atom is -0.0938 e. The van der Waals surface area contributed by atoms with E-state index < -0.39 is 0 Å². The lowest BCUT2D eigenvalue weighted by Crippen LogP contribution is -2.22. The lowest BCUT2D eigenvalue weighted by Gasteiger charge is -2.31. The summed E-state index contributed by atoms with van der Waals surface area (Å²) in [6.07, 6.45) is 2.60. The van der Waals surface area contributed by atoms with E-state index in [1.165, 1.54) is 24.3 Å². The van der Waals surface area contributed by atoms with Crippen molar-refractivity contribution in [3.8, 4) is 0 Å². The average Bonchev–Trinajstić information content (AvgIpc) is 2.19. The third-order valence-electron chi connectivity index (χ3n) is 4.06. The van der Waals surface area contributed by atoms with Crippen LogP contribution in [-0.2, 0) is 0 Å². The first-order valence-electron chi connectivity index (χ1n) is 7.37. The molecule has 0 aliphatic carbocycles. The highest BCUT2D eigenvalue weighted by Crippen LogP contribution is 2.38. The lowest BCUT2D eigenvalue weighted by molar-refractivity contribution is 0.259. The Balaban J connectivity index is 3.98. The monoisotopic (exact) mass is 290 g/mol. The SMILES string of the molecule is CCC(CSSCC(CC)C(C)(C)C)C(C)(C)C. The van der Waals surface area contributed by atoms with Crippen molar-refractivity contribution in [2.24, 2.45) is 22.7 Å². The molecule has 2 atom stereocenters. The van der Waals surface area contributed by atoms with E-state index in [1.54, 1.807) is 0 Å². The Labute approximate surface area is 124 Å². The molecule has 0 spiro atoms. The van der Waals surface area contributed by atoms with Gasteiger partial charge >= 0.3 is 0 Å². The van der Waals surface area contributed by atoms with Gasteiger partial charge in [-0.25, -0.2) is 0 Å². The predicted octanol–water partition coefficient (Wildman–Crippen LogP) is 6.51. The molecule has 0 aromatic rings. The summed E-state index contributed by atoms with van der Waals surface area (Å²) in [6, 6.07) is 0. The van der Waals surface area contributed by atoms with E-state index in [0.29, 0.717) is 10.8 Å². The molecular weight excluding hydrogens is 256 g/mol. The van der Waals surface area contributed by atoms with Crippen molar-refractivity contribution in [2.45, 2.75) is 68.2 Å². The van der Waals surface area contributed by atoms with Crippen LogP contribution in [0.2, 0.25) is 0 Å². The van der Waals surface area contributed by atoms with Crippen molar-refractivity contribution in [3.63, 3.8) is 0 Å². The van der Waals surface area contributed by atoms with Gasteiger partial charge in [-0.1, -0.05) is 89.8 Å². The highest BCUT2D eigenvalue weighted by Gasteiger charge is 2.25. The third kappa shape index (κ3) is 7.33. The quantitative estimate of drug-likeness (QED) is 0.387. The van der Waals surface area contributed by atoms with E-state index in [2.05, 4.69) is 77.0 Å². The van der Waals surface area contributed by atoms with Gasteiger partial charge in [0.15, 0.2) is 0 Å². The Bertz CT molecular complexity index is 186. The van der Waals surface area contributed by atoms with Crippen LogP contribution >= 0.6 is 21.6 Å². The van der Waals surface area contributed by atoms with Crippen molar-refractivity contribution in [3.05, 3.63) is 0 Å². The first kappa shape index (κ1) is 18.7. The zero-order valence-electron chi connectivity index (χ0n) is 13.8. The second-order valence-electron chi connectivity index (χ2n) is 7.51. The van der Waals surface area contributed by atoms with E-state index in [-0.39, 0.29) is 0 Å². The fraction of sp³-hybridized carbons (Fsp3) is 1.00. The van der Waals surface area contributed by atoms with E-state index in [4.69, 9.17) is 0 Å². The summed E-state index contributed by atoms with van der Waals surface area (Å²) >= 11 is 0. The normalized spacial score (nSPS) is 16.7. The molecule has 0 radical (unpaired) electrons. The smallest absolute Gasteiger partial charge is 0.00702 e. The van der Waals surface area contributed by atoms with Crippen molar-refractivity contribution in [1.82, 2.24) is 0 Å². The van der Waals surface area contributed by atoms with Gasteiger partial charge in [0.1, 0.15) is 0 Å². The Morgan fingerprint density at radius 1 is 0.667 bits per heavy atom. The zero-order valence-corrected chi connectivity index (χ0v) is 15.4. The van der Waals surface area contributed by atoms with E-state index in [0.717, 1.165) is 11.8 Å². The van der Waals surface area contributed by atoms with Crippen molar-refractivity contribution in [2.75, 3.05) is 11.5 Å². The molecule has 0 fully saturated rings. The van der Waals surface area contributed by atoms with Gasteiger partial charge in [-0.2, -0.15) is 0 Å². The molecule has 0 saturated heterocycles. The second-order valence-corrected chi connectivity index (χ2v) is 10.1. The van der Waals surface area contributed by atoms with Crippen LogP contribution in [0.25, 0.3) is 0 Å². The largest absolute Gasteiger partial charge is 0.0938 e. The number of hydrogen-bond donors (Lipinski definition) is 0. The lowest BCUT2D eigenvalue weighted by atomic mass is 9.80. The van der Waals surface area contributed by atoms with Gasteiger partial charge in [0.05, 0.1) is 0 Å². The topological polar surface area (TPSA) is 0 Å². The van der Waals surface area contributed by atoms with Crippen molar-refractivity contribution in [1.29, 1.82) is 0 Å². The van der Waals surface area contributed by atoms with Crippen LogP contribution in [0.3, 0.4) is 0 Å². The van der Waals surface area contributed by atoms with Gasteiger partial charge < -0.3 is 0 Å². The zero-order chi connectivity index (χ0) is 14.4. The Morgan fingerprint density at radius 3 is 1.11 bits per heavy atom. The Hall–Kier alpha value is 0.700. The molecule has 2 heteroatoms. The third-order valence-corrected chi connectivity index (χ3v) is 6.62. The van der Waals surface area contributed by atoms with E-state index in [1.807, 2.05) is 0 Å². The first-order valence-corrected chi connectivity index (χ1v) is 9.86. The summed E-state index contributed by atoms with van der Waals surface area (Å²) in [7, 11) is 4.18. The summed E-state index contributed by atoms with van der Waals surface area (Å²) in [4.78, 5) is 0. The first-order chi connectivity index (χ1) is 8.12.